The number of guanidine groups is 1. The second kappa shape index (κ2) is 6.38. The van der Waals surface area contributed by atoms with Gasteiger partial charge < -0.3 is 16.2 Å². The van der Waals surface area contributed by atoms with Gasteiger partial charge >= 0.3 is 0 Å². The molecule has 0 bridgehead atoms. The molecule has 0 aromatic heterocycles. The van der Waals surface area contributed by atoms with Crippen LogP contribution in [-0.2, 0) is 0 Å². The molecule has 0 saturated heterocycles. The van der Waals surface area contributed by atoms with Gasteiger partial charge in [-0.2, -0.15) is 0 Å². The van der Waals surface area contributed by atoms with Crippen LogP contribution in [-0.4, -0.2) is 24.2 Å². The van der Waals surface area contributed by atoms with Crippen molar-refractivity contribution in [2.75, 3.05) is 18.5 Å². The highest BCUT2D eigenvalue weighted by Gasteiger charge is 2.54. The van der Waals surface area contributed by atoms with Crippen molar-refractivity contribution in [3.63, 3.8) is 0 Å². The minimum atomic E-state index is -0.291. The Balaban J connectivity index is 1.64. The lowest BCUT2D eigenvalue weighted by molar-refractivity contribution is 0.212. The summed E-state index contributed by atoms with van der Waals surface area (Å²) in [5.41, 5.74) is 7.52. The first kappa shape index (κ1) is 15.5. The summed E-state index contributed by atoms with van der Waals surface area (Å²) in [5.74, 6) is 0.272. The Morgan fingerprint density at radius 2 is 1.91 bits per heavy atom. The number of aliphatic hydroxyl groups excluding tert-OH is 1. The molecule has 1 aliphatic carbocycles. The molecule has 1 aliphatic rings. The van der Waals surface area contributed by atoms with Gasteiger partial charge in [0.15, 0.2) is 5.96 Å². The number of hydrogen-bond acceptors (Lipinski definition) is 2. The maximum atomic E-state index is 13.0. The molecule has 0 radical (unpaired) electrons. The van der Waals surface area contributed by atoms with Crippen LogP contribution in [0, 0.1) is 11.2 Å². The number of nitrogens with one attached hydrogen (secondary N) is 1. The molecule has 3 rings (SSSR count). The van der Waals surface area contributed by atoms with E-state index in [0.29, 0.717) is 12.5 Å². The molecule has 1 fully saturated rings. The number of benzene rings is 2. The van der Waals surface area contributed by atoms with E-state index in [4.69, 9.17) is 5.73 Å². The third-order valence-electron chi connectivity index (χ3n) is 4.39. The quantitative estimate of drug-likeness (QED) is 0.587. The van der Waals surface area contributed by atoms with Gasteiger partial charge in [0.2, 0.25) is 0 Å². The van der Waals surface area contributed by atoms with E-state index in [2.05, 4.69) is 10.3 Å². The van der Waals surface area contributed by atoms with Crippen LogP contribution in [0.2, 0.25) is 0 Å². The molecule has 4 N–H and O–H groups in total. The van der Waals surface area contributed by atoms with Crippen LogP contribution in [0.25, 0.3) is 0 Å². The number of halogens is 1. The van der Waals surface area contributed by atoms with E-state index in [1.807, 2.05) is 30.3 Å². The van der Waals surface area contributed by atoms with Crippen LogP contribution in [0.4, 0.5) is 10.1 Å². The fraction of sp³-hybridized carbons (Fsp3) is 0.278. The van der Waals surface area contributed by atoms with Crippen molar-refractivity contribution in [3.8, 4) is 0 Å². The maximum Gasteiger partial charge on any atom is 0.193 e. The van der Waals surface area contributed by atoms with Crippen LogP contribution in [0.15, 0.2) is 59.6 Å². The summed E-state index contributed by atoms with van der Waals surface area (Å²) in [6, 6.07) is 16.0. The first-order valence-electron chi connectivity index (χ1n) is 7.61. The molecule has 0 spiro atoms. The van der Waals surface area contributed by atoms with E-state index >= 15 is 0 Å². The Kier molecular flexibility index (Phi) is 4.30. The van der Waals surface area contributed by atoms with Gasteiger partial charge in [0.25, 0.3) is 0 Å². The molecule has 23 heavy (non-hydrogen) atoms. The molecule has 4 nitrogen and oxygen atoms in total. The van der Waals surface area contributed by atoms with Gasteiger partial charge in [-0.25, -0.2) is 4.39 Å². The Labute approximate surface area is 134 Å². The fourth-order valence-corrected chi connectivity index (χ4v) is 2.87. The Bertz CT molecular complexity index is 687. The third-order valence-corrected chi connectivity index (χ3v) is 4.39. The van der Waals surface area contributed by atoms with Crippen molar-refractivity contribution in [2.45, 2.75) is 12.3 Å². The molecule has 2 aromatic rings. The first-order chi connectivity index (χ1) is 11.1. The Hall–Kier alpha value is -2.40. The van der Waals surface area contributed by atoms with Crippen LogP contribution >= 0.6 is 0 Å². The number of aliphatic imine (C=N–C) groups is 1. The lowest BCUT2D eigenvalue weighted by Crippen LogP contribution is -2.25. The molecule has 2 aromatic carbocycles. The lowest BCUT2D eigenvalue weighted by Gasteiger charge is -2.13. The summed E-state index contributed by atoms with van der Waals surface area (Å²) in [6.07, 6.45) is 0.831. The molecule has 2 atom stereocenters. The van der Waals surface area contributed by atoms with E-state index in [-0.39, 0.29) is 23.8 Å². The lowest BCUT2D eigenvalue weighted by atomic mass is 10.00. The van der Waals surface area contributed by atoms with Gasteiger partial charge in [0.1, 0.15) is 5.82 Å². The fourth-order valence-electron chi connectivity index (χ4n) is 2.87. The standard InChI is InChI=1S/C18H20FN3O/c19-14-8-6-13(7-9-14)16-10-18(16,12-23)11-21-17(20)22-15-4-2-1-3-5-15/h1-9,16,23H,10-12H2,(H3,20,21,22). The zero-order valence-corrected chi connectivity index (χ0v) is 12.7. The normalized spacial score (nSPS) is 23.6. The van der Waals surface area contributed by atoms with Crippen molar-refractivity contribution in [3.05, 3.63) is 66.0 Å². The van der Waals surface area contributed by atoms with Crippen molar-refractivity contribution in [1.29, 1.82) is 0 Å². The molecular formula is C18H20FN3O. The minimum Gasteiger partial charge on any atom is -0.396 e. The number of hydrogen-bond donors (Lipinski definition) is 3. The van der Waals surface area contributed by atoms with Crippen LogP contribution < -0.4 is 11.1 Å². The predicted octanol–water partition coefficient (Wildman–Crippen LogP) is 2.72. The molecule has 0 aliphatic heterocycles. The molecule has 2 unspecified atom stereocenters. The van der Waals surface area contributed by atoms with E-state index < -0.39 is 0 Å². The number of anilines is 1. The summed E-state index contributed by atoms with van der Waals surface area (Å²) in [5, 5.41) is 12.8. The molecule has 0 amide bonds. The monoisotopic (exact) mass is 313 g/mol. The summed E-state index contributed by atoms with van der Waals surface area (Å²) in [4.78, 5) is 4.37. The van der Waals surface area contributed by atoms with E-state index in [9.17, 15) is 9.50 Å². The smallest absolute Gasteiger partial charge is 0.193 e. The van der Waals surface area contributed by atoms with Gasteiger partial charge in [0.05, 0.1) is 13.2 Å². The van der Waals surface area contributed by atoms with E-state index in [0.717, 1.165) is 17.7 Å². The highest BCUT2D eigenvalue weighted by Crippen LogP contribution is 2.59. The van der Waals surface area contributed by atoms with Gasteiger partial charge in [-0.05, 0) is 42.2 Å². The molecular weight excluding hydrogens is 293 g/mol. The van der Waals surface area contributed by atoms with Gasteiger partial charge in [-0.1, -0.05) is 30.3 Å². The number of rotatable bonds is 5. The minimum absolute atomic E-state index is 0.0388. The topological polar surface area (TPSA) is 70.6 Å². The van der Waals surface area contributed by atoms with Crippen molar-refractivity contribution in [1.82, 2.24) is 0 Å². The Morgan fingerprint density at radius 1 is 1.22 bits per heavy atom. The number of para-hydroxylation sites is 1. The summed E-state index contributed by atoms with van der Waals surface area (Å²) in [6.45, 7) is 0.481. The van der Waals surface area contributed by atoms with Gasteiger partial charge in [-0.3, -0.25) is 4.99 Å². The number of aliphatic hydroxyl groups is 1. The average molecular weight is 313 g/mol. The molecule has 5 heteroatoms. The molecule has 1 saturated carbocycles. The van der Waals surface area contributed by atoms with Crippen LogP contribution in [0.1, 0.15) is 17.9 Å². The summed E-state index contributed by atoms with van der Waals surface area (Å²) < 4.78 is 13.0. The van der Waals surface area contributed by atoms with E-state index in [1.54, 1.807) is 12.1 Å². The van der Waals surface area contributed by atoms with Crippen LogP contribution in [0.3, 0.4) is 0 Å². The number of nitrogens with two attached hydrogens (primary N) is 1. The van der Waals surface area contributed by atoms with E-state index in [1.165, 1.54) is 12.1 Å². The molecule has 120 valence electrons. The second-order valence-corrected chi connectivity index (χ2v) is 6.02. The Morgan fingerprint density at radius 3 is 2.57 bits per heavy atom. The van der Waals surface area contributed by atoms with Crippen molar-refractivity contribution >= 4 is 11.6 Å². The highest BCUT2D eigenvalue weighted by atomic mass is 19.1. The second-order valence-electron chi connectivity index (χ2n) is 6.02. The predicted molar refractivity (Wildman–Crippen MR) is 89.8 cm³/mol. The first-order valence-corrected chi connectivity index (χ1v) is 7.61. The van der Waals surface area contributed by atoms with Crippen molar-refractivity contribution < 1.29 is 9.50 Å². The van der Waals surface area contributed by atoms with Gasteiger partial charge in [0, 0.05) is 11.1 Å². The largest absolute Gasteiger partial charge is 0.396 e. The van der Waals surface area contributed by atoms with Crippen molar-refractivity contribution in [2.24, 2.45) is 16.1 Å². The number of nitrogens with zero attached hydrogens (tertiary/aromatic N) is 1. The maximum absolute atomic E-state index is 13.0. The highest BCUT2D eigenvalue weighted by molar-refractivity contribution is 5.92. The summed E-state index contributed by atoms with van der Waals surface area (Å²) >= 11 is 0. The third kappa shape index (κ3) is 3.51. The van der Waals surface area contributed by atoms with Crippen LogP contribution in [0.5, 0.6) is 0 Å². The van der Waals surface area contributed by atoms with Gasteiger partial charge in [-0.15, -0.1) is 0 Å². The zero-order chi connectivity index (χ0) is 16.3. The summed E-state index contributed by atoms with van der Waals surface area (Å²) in [7, 11) is 0. The average Bonchev–Trinajstić information content (AvgIpc) is 3.30. The molecule has 0 heterocycles. The zero-order valence-electron chi connectivity index (χ0n) is 12.7. The SMILES string of the molecule is NC(=NCC1(CO)CC1c1ccc(F)cc1)Nc1ccccc1.